The normalized spacial score (nSPS) is 13.2. The van der Waals surface area contributed by atoms with Crippen LogP contribution in [0.5, 0.6) is 5.75 Å². The molecular formula is C13H11NO3S. The van der Waals surface area contributed by atoms with E-state index in [1.165, 1.54) is 16.9 Å². The van der Waals surface area contributed by atoms with Crippen LogP contribution in [-0.2, 0) is 6.42 Å². The molecule has 0 saturated carbocycles. The first-order chi connectivity index (χ1) is 8.65. The number of rotatable bonds is 2. The number of benzene rings is 1. The quantitative estimate of drug-likeness (QED) is 0.903. The van der Waals surface area contributed by atoms with Gasteiger partial charge in [0.05, 0.1) is 12.3 Å². The third kappa shape index (κ3) is 1.76. The lowest BCUT2D eigenvalue weighted by molar-refractivity contribution is 0.0701. The zero-order valence-corrected chi connectivity index (χ0v) is 10.6. The van der Waals surface area contributed by atoms with Gasteiger partial charge in [0.2, 0.25) is 0 Å². The minimum Gasteiger partial charge on any atom is -0.493 e. The number of fused-ring (bicyclic) bond motifs is 1. The molecule has 1 aromatic heterocycles. The highest BCUT2D eigenvalue weighted by Gasteiger charge is 2.17. The molecule has 0 unspecified atom stereocenters. The van der Waals surface area contributed by atoms with Crippen molar-refractivity contribution in [2.45, 2.75) is 13.3 Å². The van der Waals surface area contributed by atoms with E-state index in [1.54, 1.807) is 6.92 Å². The maximum atomic E-state index is 11.0. The fourth-order valence-corrected chi connectivity index (χ4v) is 2.92. The van der Waals surface area contributed by atoms with E-state index in [1.807, 2.05) is 18.2 Å². The summed E-state index contributed by atoms with van der Waals surface area (Å²) in [4.78, 5) is 15.6. The van der Waals surface area contributed by atoms with E-state index in [2.05, 4.69) is 4.98 Å². The van der Waals surface area contributed by atoms with Crippen LogP contribution in [0, 0.1) is 6.92 Å². The molecule has 1 aromatic carbocycles. The second-order valence-electron chi connectivity index (χ2n) is 4.16. The second-order valence-corrected chi connectivity index (χ2v) is 5.16. The van der Waals surface area contributed by atoms with Gasteiger partial charge in [-0.05, 0) is 18.6 Å². The lowest BCUT2D eigenvalue weighted by atomic mass is 10.1. The van der Waals surface area contributed by atoms with Gasteiger partial charge in [-0.15, -0.1) is 11.3 Å². The highest BCUT2D eigenvalue weighted by atomic mass is 32.1. The zero-order chi connectivity index (χ0) is 12.7. The van der Waals surface area contributed by atoms with Gasteiger partial charge in [-0.2, -0.15) is 0 Å². The number of carbonyl (C=O) groups is 1. The molecule has 1 N–H and O–H groups in total. The van der Waals surface area contributed by atoms with E-state index in [-0.39, 0.29) is 0 Å². The second kappa shape index (κ2) is 4.10. The van der Waals surface area contributed by atoms with Crippen molar-refractivity contribution in [2.24, 2.45) is 0 Å². The molecule has 0 aliphatic carbocycles. The minimum atomic E-state index is -0.923. The molecule has 2 heterocycles. The molecule has 0 fully saturated rings. The van der Waals surface area contributed by atoms with Crippen LogP contribution in [0.15, 0.2) is 18.2 Å². The molecule has 92 valence electrons. The fourth-order valence-electron chi connectivity index (χ4n) is 2.02. The summed E-state index contributed by atoms with van der Waals surface area (Å²) in [6, 6.07) is 5.93. The van der Waals surface area contributed by atoms with Crippen molar-refractivity contribution in [2.75, 3.05) is 6.61 Å². The van der Waals surface area contributed by atoms with Crippen molar-refractivity contribution in [3.8, 4) is 16.3 Å². The Morgan fingerprint density at radius 3 is 3.06 bits per heavy atom. The van der Waals surface area contributed by atoms with Crippen LogP contribution in [0.4, 0.5) is 0 Å². The molecule has 0 atom stereocenters. The summed E-state index contributed by atoms with van der Waals surface area (Å²) in [5.41, 5.74) is 2.67. The van der Waals surface area contributed by atoms with Crippen LogP contribution >= 0.6 is 11.3 Å². The number of aromatic nitrogens is 1. The number of thiazole rings is 1. The molecule has 0 spiro atoms. The van der Waals surface area contributed by atoms with Crippen molar-refractivity contribution in [1.29, 1.82) is 0 Å². The maximum absolute atomic E-state index is 11.0. The molecule has 1 aliphatic heterocycles. The Bertz CT molecular complexity index is 633. The summed E-state index contributed by atoms with van der Waals surface area (Å²) in [5.74, 6) is -0.0362. The number of aryl methyl sites for hydroxylation is 1. The van der Waals surface area contributed by atoms with Gasteiger partial charge in [0.1, 0.15) is 15.6 Å². The van der Waals surface area contributed by atoms with Crippen LogP contribution in [0.1, 0.15) is 20.9 Å². The van der Waals surface area contributed by atoms with Crippen molar-refractivity contribution in [3.63, 3.8) is 0 Å². The smallest absolute Gasteiger partial charge is 0.347 e. The van der Waals surface area contributed by atoms with Gasteiger partial charge in [-0.25, -0.2) is 9.78 Å². The van der Waals surface area contributed by atoms with Crippen LogP contribution in [0.3, 0.4) is 0 Å². The van der Waals surface area contributed by atoms with Gasteiger partial charge in [0, 0.05) is 12.0 Å². The molecule has 3 rings (SSSR count). The molecule has 0 radical (unpaired) electrons. The van der Waals surface area contributed by atoms with E-state index in [4.69, 9.17) is 9.84 Å². The highest BCUT2D eigenvalue weighted by molar-refractivity contribution is 7.17. The number of carboxylic acids is 1. The monoisotopic (exact) mass is 261 g/mol. The SMILES string of the molecule is Cc1nc(-c2ccc3c(c2)OCC3)sc1C(=O)O. The molecule has 1 aliphatic rings. The number of ether oxygens (including phenoxy) is 1. The van der Waals surface area contributed by atoms with Crippen LogP contribution < -0.4 is 4.74 Å². The van der Waals surface area contributed by atoms with Gasteiger partial charge in [0.15, 0.2) is 0 Å². The van der Waals surface area contributed by atoms with Crippen molar-refractivity contribution < 1.29 is 14.6 Å². The van der Waals surface area contributed by atoms with E-state index >= 15 is 0 Å². The minimum absolute atomic E-state index is 0.298. The van der Waals surface area contributed by atoms with Crippen molar-refractivity contribution >= 4 is 17.3 Å². The van der Waals surface area contributed by atoms with Gasteiger partial charge >= 0.3 is 5.97 Å². The number of hydrogen-bond donors (Lipinski definition) is 1. The van der Waals surface area contributed by atoms with Crippen molar-refractivity contribution in [1.82, 2.24) is 4.98 Å². The summed E-state index contributed by atoms with van der Waals surface area (Å²) >= 11 is 1.20. The molecule has 0 bridgehead atoms. The predicted octanol–water partition coefficient (Wildman–Crippen LogP) is 2.75. The third-order valence-corrected chi connectivity index (χ3v) is 4.13. The van der Waals surface area contributed by atoms with E-state index < -0.39 is 5.97 Å². The van der Waals surface area contributed by atoms with Gasteiger partial charge < -0.3 is 9.84 Å². The Morgan fingerprint density at radius 2 is 2.33 bits per heavy atom. The number of aromatic carboxylic acids is 1. The number of nitrogens with zero attached hydrogens (tertiary/aromatic N) is 1. The Kier molecular flexibility index (Phi) is 2.56. The van der Waals surface area contributed by atoms with Crippen LogP contribution in [0.2, 0.25) is 0 Å². The lowest BCUT2D eigenvalue weighted by Crippen LogP contribution is -1.94. The Balaban J connectivity index is 2.05. The van der Waals surface area contributed by atoms with Crippen LogP contribution in [-0.4, -0.2) is 22.7 Å². The maximum Gasteiger partial charge on any atom is 0.347 e. The molecular weight excluding hydrogens is 250 g/mol. The molecule has 0 saturated heterocycles. The topological polar surface area (TPSA) is 59.4 Å². The summed E-state index contributed by atoms with van der Waals surface area (Å²) in [7, 11) is 0. The van der Waals surface area contributed by atoms with E-state index in [0.717, 1.165) is 29.3 Å². The Morgan fingerprint density at radius 1 is 1.50 bits per heavy atom. The first-order valence-electron chi connectivity index (χ1n) is 5.62. The zero-order valence-electron chi connectivity index (χ0n) is 9.77. The number of hydrogen-bond acceptors (Lipinski definition) is 4. The summed E-state index contributed by atoms with van der Waals surface area (Å²) in [5, 5.41) is 9.75. The molecule has 4 nitrogen and oxygen atoms in total. The first kappa shape index (κ1) is 11.2. The largest absolute Gasteiger partial charge is 0.493 e. The Labute approximate surface area is 108 Å². The molecule has 2 aromatic rings. The Hall–Kier alpha value is -1.88. The van der Waals surface area contributed by atoms with E-state index in [0.29, 0.717) is 10.6 Å². The molecule has 5 heteroatoms. The average Bonchev–Trinajstić information content (AvgIpc) is 2.93. The first-order valence-corrected chi connectivity index (χ1v) is 6.43. The van der Waals surface area contributed by atoms with Gasteiger partial charge in [0.25, 0.3) is 0 Å². The average molecular weight is 261 g/mol. The molecule has 18 heavy (non-hydrogen) atoms. The fraction of sp³-hybridized carbons (Fsp3) is 0.231. The third-order valence-electron chi connectivity index (χ3n) is 2.93. The van der Waals surface area contributed by atoms with Gasteiger partial charge in [-0.3, -0.25) is 0 Å². The standard InChI is InChI=1S/C13H11NO3S/c1-7-11(13(15)16)18-12(14-7)9-3-2-8-4-5-17-10(8)6-9/h2-3,6H,4-5H2,1H3,(H,15,16). The summed E-state index contributed by atoms with van der Waals surface area (Å²) in [6.45, 7) is 2.43. The predicted molar refractivity (Wildman–Crippen MR) is 68.4 cm³/mol. The van der Waals surface area contributed by atoms with Gasteiger partial charge in [-0.1, -0.05) is 12.1 Å². The summed E-state index contributed by atoms with van der Waals surface area (Å²) in [6.07, 6.45) is 0.937. The summed E-state index contributed by atoms with van der Waals surface area (Å²) < 4.78 is 5.51. The van der Waals surface area contributed by atoms with Crippen molar-refractivity contribution in [3.05, 3.63) is 34.3 Å². The lowest BCUT2D eigenvalue weighted by Gasteiger charge is -2.01. The van der Waals surface area contributed by atoms with E-state index in [9.17, 15) is 4.79 Å². The highest BCUT2D eigenvalue weighted by Crippen LogP contribution is 2.33. The van der Waals surface area contributed by atoms with Crippen LogP contribution in [0.25, 0.3) is 10.6 Å². The molecule has 0 amide bonds. The number of carboxylic acid groups (broad SMARTS) is 1.